The van der Waals surface area contributed by atoms with E-state index in [2.05, 4.69) is 15.4 Å². The molecule has 0 unspecified atom stereocenters. The predicted molar refractivity (Wildman–Crippen MR) is 107 cm³/mol. The number of aromatic nitrogens is 4. The van der Waals surface area contributed by atoms with Crippen LogP contribution in [0.15, 0.2) is 29.3 Å². The molecule has 138 valence electrons. The van der Waals surface area contributed by atoms with Crippen molar-refractivity contribution in [2.45, 2.75) is 34.2 Å². The van der Waals surface area contributed by atoms with Gasteiger partial charge in [-0.3, -0.25) is 4.79 Å². The summed E-state index contributed by atoms with van der Waals surface area (Å²) in [6.45, 7) is 7.86. The summed E-state index contributed by atoms with van der Waals surface area (Å²) in [5.74, 6) is -0.300. The summed E-state index contributed by atoms with van der Waals surface area (Å²) in [6.07, 6.45) is 1.47. The molecule has 0 aliphatic carbocycles. The van der Waals surface area contributed by atoms with Gasteiger partial charge in [0.1, 0.15) is 17.7 Å². The molecule has 1 N–H and O–H groups in total. The highest BCUT2D eigenvalue weighted by Crippen LogP contribution is 2.30. The second-order valence-corrected chi connectivity index (χ2v) is 7.89. The lowest BCUT2D eigenvalue weighted by Crippen LogP contribution is -2.28. The van der Waals surface area contributed by atoms with Gasteiger partial charge in [-0.2, -0.15) is 0 Å². The van der Waals surface area contributed by atoms with Gasteiger partial charge < -0.3 is 5.32 Å². The molecule has 8 heteroatoms. The summed E-state index contributed by atoms with van der Waals surface area (Å²) in [7, 11) is 0. The first-order valence-corrected chi connectivity index (χ1v) is 9.38. The Morgan fingerprint density at radius 1 is 1.19 bits per heavy atom. The van der Waals surface area contributed by atoms with Crippen LogP contribution in [-0.2, 0) is 11.3 Å². The molecule has 0 aliphatic heterocycles. The quantitative estimate of drug-likeness (QED) is 0.592. The third-order valence-corrected chi connectivity index (χ3v) is 5.95. The second-order valence-electron chi connectivity index (χ2n) is 6.69. The first-order chi connectivity index (χ1) is 12.8. The molecule has 4 rings (SSSR count). The largest absolute Gasteiger partial charge is 0.352 e. The third kappa shape index (κ3) is 2.91. The number of nitrogens with one attached hydrogen (secondary N) is 1. The van der Waals surface area contributed by atoms with Crippen LogP contribution in [0.5, 0.6) is 0 Å². The normalized spacial score (nSPS) is 11.4. The van der Waals surface area contributed by atoms with E-state index in [1.807, 2.05) is 45.9 Å². The van der Waals surface area contributed by atoms with Gasteiger partial charge >= 0.3 is 5.69 Å². The lowest BCUT2D eigenvalue weighted by atomic mass is 10.1. The number of carbonyl (C=O) groups excluding carboxylic acids is 1. The molecule has 0 radical (unpaired) electrons. The van der Waals surface area contributed by atoms with Gasteiger partial charge in [0.05, 0.1) is 5.39 Å². The molecule has 7 nitrogen and oxygen atoms in total. The van der Waals surface area contributed by atoms with Gasteiger partial charge in [-0.15, -0.1) is 16.4 Å². The molecule has 0 saturated heterocycles. The van der Waals surface area contributed by atoms with Crippen LogP contribution in [0.2, 0.25) is 0 Å². The smallest absolute Gasteiger partial charge is 0.324 e. The number of amides is 1. The van der Waals surface area contributed by atoms with Crippen LogP contribution < -0.4 is 11.0 Å². The number of nitrogens with zero attached hydrogens (tertiary/aromatic N) is 4. The maximum Gasteiger partial charge on any atom is 0.352 e. The number of hydrogen-bond donors (Lipinski definition) is 1. The second kappa shape index (κ2) is 6.31. The molecule has 1 aromatic carbocycles. The number of aryl methyl sites for hydroxylation is 4. The van der Waals surface area contributed by atoms with E-state index in [-0.39, 0.29) is 18.1 Å². The van der Waals surface area contributed by atoms with Crippen LogP contribution in [0, 0.1) is 27.7 Å². The Balaban J connectivity index is 1.68. The maximum atomic E-state index is 12.6. The highest BCUT2D eigenvalue weighted by atomic mass is 32.1. The Morgan fingerprint density at radius 2 is 1.96 bits per heavy atom. The van der Waals surface area contributed by atoms with E-state index in [0.717, 1.165) is 31.8 Å². The molecule has 0 atom stereocenters. The fourth-order valence-electron chi connectivity index (χ4n) is 3.03. The first-order valence-electron chi connectivity index (χ1n) is 8.56. The van der Waals surface area contributed by atoms with Gasteiger partial charge in [0.2, 0.25) is 5.91 Å². The van der Waals surface area contributed by atoms with Crippen molar-refractivity contribution in [1.29, 1.82) is 0 Å². The minimum Gasteiger partial charge on any atom is -0.324 e. The van der Waals surface area contributed by atoms with Crippen LogP contribution in [0.25, 0.3) is 15.9 Å². The van der Waals surface area contributed by atoms with Gasteiger partial charge in [-0.05, 0) is 56.5 Å². The van der Waals surface area contributed by atoms with Crippen molar-refractivity contribution in [3.63, 3.8) is 0 Å². The summed E-state index contributed by atoms with van der Waals surface area (Å²) in [6, 6.07) is 5.70. The number of hydrogen-bond acceptors (Lipinski definition) is 5. The summed E-state index contributed by atoms with van der Waals surface area (Å²) in [5, 5.41) is 8.09. The Hall–Kier alpha value is -3.00. The molecule has 0 fully saturated rings. The zero-order valence-electron chi connectivity index (χ0n) is 15.5. The monoisotopic (exact) mass is 381 g/mol. The van der Waals surface area contributed by atoms with Crippen molar-refractivity contribution in [3.8, 4) is 0 Å². The van der Waals surface area contributed by atoms with E-state index in [4.69, 9.17) is 0 Å². The van der Waals surface area contributed by atoms with Crippen LogP contribution >= 0.6 is 11.3 Å². The summed E-state index contributed by atoms with van der Waals surface area (Å²) < 4.78 is 2.57. The first kappa shape index (κ1) is 17.4. The molecule has 0 bridgehead atoms. The molecule has 4 aromatic rings. The predicted octanol–water partition coefficient (Wildman–Crippen LogP) is 2.98. The summed E-state index contributed by atoms with van der Waals surface area (Å²) in [5.41, 5.74) is 4.17. The number of anilines is 1. The molecule has 3 aromatic heterocycles. The fraction of sp³-hybridized carbons (Fsp3) is 0.263. The highest BCUT2D eigenvalue weighted by molar-refractivity contribution is 7.18. The molecule has 0 saturated carbocycles. The average Bonchev–Trinajstić information content (AvgIpc) is 3.08. The third-order valence-electron chi connectivity index (χ3n) is 4.84. The standard InChI is InChI=1S/C19H19N5O2S/c1-10-5-6-14(7-11(10)2)21-15(25)8-24-19(26)23-9-20-18-16(17(23)22-24)12(3)13(4)27-18/h5-7,9H,8H2,1-4H3,(H,21,25). The molecule has 0 spiro atoms. The number of thiophene rings is 1. The number of benzene rings is 1. The van der Waals surface area contributed by atoms with Gasteiger partial charge in [0, 0.05) is 10.6 Å². The van der Waals surface area contributed by atoms with Gasteiger partial charge in [0.25, 0.3) is 0 Å². The molecule has 0 aliphatic rings. The Kier molecular flexibility index (Phi) is 4.07. The number of fused-ring (bicyclic) bond motifs is 3. The topological polar surface area (TPSA) is 81.3 Å². The van der Waals surface area contributed by atoms with Gasteiger partial charge in [0.15, 0.2) is 5.65 Å². The zero-order chi connectivity index (χ0) is 19.3. The van der Waals surface area contributed by atoms with E-state index >= 15 is 0 Å². The van der Waals surface area contributed by atoms with E-state index in [0.29, 0.717) is 11.3 Å². The van der Waals surface area contributed by atoms with E-state index in [9.17, 15) is 9.59 Å². The van der Waals surface area contributed by atoms with Crippen molar-refractivity contribution in [2.75, 3.05) is 5.32 Å². The van der Waals surface area contributed by atoms with Crippen LogP contribution in [0.1, 0.15) is 21.6 Å². The van der Waals surface area contributed by atoms with E-state index < -0.39 is 0 Å². The van der Waals surface area contributed by atoms with Crippen molar-refractivity contribution < 1.29 is 4.79 Å². The molecule has 3 heterocycles. The minimum absolute atomic E-state index is 0.156. The van der Waals surface area contributed by atoms with Crippen LogP contribution in [0.4, 0.5) is 5.69 Å². The van der Waals surface area contributed by atoms with Crippen molar-refractivity contribution in [1.82, 2.24) is 19.2 Å². The lowest BCUT2D eigenvalue weighted by Gasteiger charge is -2.07. The molecular formula is C19H19N5O2S. The molecule has 27 heavy (non-hydrogen) atoms. The van der Waals surface area contributed by atoms with E-state index in [1.54, 1.807) is 11.3 Å². The maximum absolute atomic E-state index is 12.6. The zero-order valence-corrected chi connectivity index (χ0v) is 16.3. The Bertz CT molecular complexity index is 1260. The van der Waals surface area contributed by atoms with Gasteiger partial charge in [-0.25, -0.2) is 18.9 Å². The summed E-state index contributed by atoms with van der Waals surface area (Å²) >= 11 is 1.57. The molecular weight excluding hydrogens is 362 g/mol. The molecule has 1 amide bonds. The van der Waals surface area contributed by atoms with Crippen LogP contribution in [0.3, 0.4) is 0 Å². The lowest BCUT2D eigenvalue weighted by molar-refractivity contribution is -0.117. The SMILES string of the molecule is Cc1ccc(NC(=O)Cn2nc3c4c(C)c(C)sc4ncn3c2=O)cc1C. The van der Waals surface area contributed by atoms with E-state index in [1.165, 1.54) is 15.4 Å². The summed E-state index contributed by atoms with van der Waals surface area (Å²) in [4.78, 5) is 31.4. The Labute approximate surface area is 159 Å². The minimum atomic E-state index is -0.377. The van der Waals surface area contributed by atoms with Gasteiger partial charge in [-0.1, -0.05) is 6.07 Å². The fourth-order valence-corrected chi connectivity index (χ4v) is 4.02. The van der Waals surface area contributed by atoms with Crippen molar-refractivity contribution >= 4 is 38.8 Å². The Morgan fingerprint density at radius 3 is 2.70 bits per heavy atom. The highest BCUT2D eigenvalue weighted by Gasteiger charge is 2.17. The number of rotatable bonds is 3. The van der Waals surface area contributed by atoms with Crippen molar-refractivity contribution in [2.24, 2.45) is 0 Å². The number of carbonyl (C=O) groups is 1. The van der Waals surface area contributed by atoms with Crippen LogP contribution in [-0.4, -0.2) is 25.1 Å². The average molecular weight is 381 g/mol. The van der Waals surface area contributed by atoms with Crippen molar-refractivity contribution in [3.05, 3.63) is 56.6 Å².